The molecule has 4 N–H and O–H groups in total. The number of allylic oxidation sites excluding steroid dienone is 1. The minimum atomic E-state index is -1.64. The number of aliphatic hydroxyl groups excluding tert-OH is 2. The zero-order valence-electron chi connectivity index (χ0n) is 16.0. The van der Waals surface area contributed by atoms with E-state index in [1.54, 1.807) is 13.0 Å². The van der Waals surface area contributed by atoms with Crippen LogP contribution in [0.5, 0.6) is 0 Å². The van der Waals surface area contributed by atoms with Crippen molar-refractivity contribution in [3.05, 3.63) is 11.6 Å². The number of aliphatic hydroxyl groups is 4. The lowest BCUT2D eigenvalue weighted by Crippen LogP contribution is -2.62. The minimum absolute atomic E-state index is 0.0204. The van der Waals surface area contributed by atoms with Gasteiger partial charge in [0.05, 0.1) is 11.7 Å². The number of rotatable bonds is 2. The molecule has 27 heavy (non-hydrogen) atoms. The highest BCUT2D eigenvalue weighted by Gasteiger charge is 2.68. The van der Waals surface area contributed by atoms with Crippen molar-refractivity contribution < 1.29 is 30.0 Å². The highest BCUT2D eigenvalue weighted by atomic mass is 16.3. The van der Waals surface area contributed by atoms with Gasteiger partial charge in [-0.1, -0.05) is 12.5 Å². The summed E-state index contributed by atoms with van der Waals surface area (Å²) < 4.78 is 0. The molecule has 0 bridgehead atoms. The van der Waals surface area contributed by atoms with Crippen molar-refractivity contribution in [2.75, 3.05) is 6.61 Å². The van der Waals surface area contributed by atoms with Gasteiger partial charge in [-0.3, -0.25) is 9.59 Å². The van der Waals surface area contributed by atoms with Crippen molar-refractivity contribution in [3.8, 4) is 0 Å². The summed E-state index contributed by atoms with van der Waals surface area (Å²) in [5.74, 6) is -1.28. The molecule has 0 unspecified atom stereocenters. The molecule has 4 rings (SSSR count). The molecule has 0 saturated heterocycles. The summed E-state index contributed by atoms with van der Waals surface area (Å²) in [4.78, 5) is 24.3. The molecule has 0 spiro atoms. The van der Waals surface area contributed by atoms with Gasteiger partial charge in [0, 0.05) is 23.7 Å². The fourth-order valence-electron chi connectivity index (χ4n) is 7.26. The van der Waals surface area contributed by atoms with E-state index in [9.17, 15) is 30.0 Å². The predicted octanol–water partition coefficient (Wildman–Crippen LogP) is 0.752. The highest BCUT2D eigenvalue weighted by molar-refractivity contribution is 5.93. The van der Waals surface area contributed by atoms with Crippen LogP contribution < -0.4 is 0 Å². The van der Waals surface area contributed by atoms with Crippen LogP contribution in [0.3, 0.4) is 0 Å². The van der Waals surface area contributed by atoms with Gasteiger partial charge in [0.1, 0.15) is 12.2 Å². The van der Waals surface area contributed by atoms with Gasteiger partial charge in [-0.2, -0.15) is 0 Å². The summed E-state index contributed by atoms with van der Waals surface area (Å²) in [6.07, 6.45) is 3.59. The van der Waals surface area contributed by atoms with Gasteiger partial charge in [-0.25, -0.2) is 0 Å². The maximum absolute atomic E-state index is 12.4. The summed E-state index contributed by atoms with van der Waals surface area (Å²) >= 11 is 0. The number of Topliss-reactive ketones (excluding diaryl/α,β-unsaturated/α-hetero) is 1. The maximum Gasteiger partial charge on any atom is 0.190 e. The van der Waals surface area contributed by atoms with Gasteiger partial charge >= 0.3 is 0 Å². The molecule has 3 saturated carbocycles. The van der Waals surface area contributed by atoms with Crippen LogP contribution >= 0.6 is 0 Å². The number of carbonyl (C=O) groups excluding carboxylic acids is 2. The first-order chi connectivity index (χ1) is 12.6. The Kier molecular flexibility index (Phi) is 4.25. The first-order valence-electron chi connectivity index (χ1n) is 10.1. The van der Waals surface area contributed by atoms with Crippen LogP contribution in [-0.2, 0) is 9.59 Å². The van der Waals surface area contributed by atoms with Gasteiger partial charge in [0.2, 0.25) is 0 Å². The molecule has 0 aromatic rings. The van der Waals surface area contributed by atoms with E-state index in [-0.39, 0.29) is 42.8 Å². The molecule has 3 fully saturated rings. The quantitative estimate of drug-likeness (QED) is 0.564. The Morgan fingerprint density at radius 2 is 1.96 bits per heavy atom. The van der Waals surface area contributed by atoms with Crippen molar-refractivity contribution in [1.29, 1.82) is 0 Å². The van der Waals surface area contributed by atoms with E-state index in [0.717, 1.165) is 12.0 Å². The SMILES string of the molecule is C[C@@]1(O)[C@@H]2[C@@H](CCC3=CC(=O)C[C@H]31)[C@@H]1CC[C@](O)(C(=O)CO)[C@@]1(C)C[C@@H]2O. The lowest BCUT2D eigenvalue weighted by molar-refractivity contribution is -0.194. The second kappa shape index (κ2) is 5.96. The van der Waals surface area contributed by atoms with Gasteiger partial charge in [0.25, 0.3) is 0 Å². The Morgan fingerprint density at radius 3 is 2.63 bits per heavy atom. The van der Waals surface area contributed by atoms with E-state index in [2.05, 4.69) is 0 Å². The Bertz CT molecular complexity index is 711. The van der Waals surface area contributed by atoms with Crippen molar-refractivity contribution in [2.45, 2.75) is 69.7 Å². The first-order valence-corrected chi connectivity index (χ1v) is 10.1. The Labute approximate surface area is 159 Å². The van der Waals surface area contributed by atoms with Gasteiger partial charge in [0.15, 0.2) is 11.6 Å². The summed E-state index contributed by atoms with van der Waals surface area (Å²) in [6.45, 7) is 2.87. The standard InChI is InChI=1S/C21H30O6/c1-19-9-16(24)18-13(14(19)5-6-21(19,27)17(25)10-22)4-3-11-7-12(23)8-15(11)20(18,2)26/h7,13-16,18,22,24,26-27H,3-6,8-10H2,1-2H3/t13-,14-,15+,16-,18+,19-,20-,21-/m0/s1. The average molecular weight is 378 g/mol. The van der Waals surface area contributed by atoms with Crippen LogP contribution in [0.1, 0.15) is 52.4 Å². The molecule has 0 aromatic heterocycles. The lowest BCUT2D eigenvalue weighted by atomic mass is 9.51. The fraction of sp³-hybridized carbons (Fsp3) is 0.810. The molecule has 0 aromatic carbocycles. The van der Waals surface area contributed by atoms with Crippen LogP contribution in [0.2, 0.25) is 0 Å². The summed E-state index contributed by atoms with van der Waals surface area (Å²) in [7, 11) is 0. The van der Waals surface area contributed by atoms with Gasteiger partial charge < -0.3 is 20.4 Å². The highest BCUT2D eigenvalue weighted by Crippen LogP contribution is 2.65. The third-order valence-corrected chi connectivity index (χ3v) is 8.56. The third-order valence-electron chi connectivity index (χ3n) is 8.56. The van der Waals surface area contributed by atoms with E-state index in [4.69, 9.17) is 0 Å². The van der Waals surface area contributed by atoms with Crippen molar-refractivity contribution in [1.82, 2.24) is 0 Å². The van der Waals surface area contributed by atoms with E-state index in [0.29, 0.717) is 12.8 Å². The smallest absolute Gasteiger partial charge is 0.190 e. The molecule has 6 nitrogen and oxygen atoms in total. The topological polar surface area (TPSA) is 115 Å². The number of carbonyl (C=O) groups is 2. The van der Waals surface area contributed by atoms with E-state index in [1.165, 1.54) is 0 Å². The van der Waals surface area contributed by atoms with Crippen molar-refractivity contribution in [3.63, 3.8) is 0 Å². The Hall–Kier alpha value is -1.08. The summed E-state index contributed by atoms with van der Waals surface area (Å²) in [6, 6.07) is 0. The molecular weight excluding hydrogens is 348 g/mol. The monoisotopic (exact) mass is 378 g/mol. The minimum Gasteiger partial charge on any atom is -0.393 e. The molecule has 4 aliphatic carbocycles. The molecule has 6 heteroatoms. The number of ketones is 2. The molecule has 8 atom stereocenters. The maximum atomic E-state index is 12.4. The normalized spacial score (nSPS) is 51.9. The Balaban J connectivity index is 1.76. The van der Waals surface area contributed by atoms with Crippen LogP contribution in [0.4, 0.5) is 0 Å². The fourth-order valence-corrected chi connectivity index (χ4v) is 7.26. The van der Waals surface area contributed by atoms with Gasteiger partial charge in [-0.05, 0) is 56.9 Å². The molecule has 0 amide bonds. The van der Waals surface area contributed by atoms with Gasteiger partial charge in [-0.15, -0.1) is 0 Å². The molecule has 0 heterocycles. The van der Waals surface area contributed by atoms with E-state index >= 15 is 0 Å². The molecule has 0 radical (unpaired) electrons. The van der Waals surface area contributed by atoms with E-state index < -0.39 is 41.0 Å². The molecular formula is C21H30O6. The molecule has 0 aliphatic heterocycles. The second-order valence-corrected chi connectivity index (χ2v) is 9.67. The zero-order chi connectivity index (χ0) is 19.8. The number of hydrogen-bond donors (Lipinski definition) is 4. The van der Waals surface area contributed by atoms with E-state index in [1.807, 2.05) is 6.92 Å². The first kappa shape index (κ1) is 19.2. The summed E-state index contributed by atoms with van der Waals surface area (Å²) in [5, 5.41) is 43.1. The van der Waals surface area contributed by atoms with Crippen molar-refractivity contribution in [2.24, 2.45) is 29.1 Å². The largest absolute Gasteiger partial charge is 0.393 e. The van der Waals surface area contributed by atoms with Crippen LogP contribution in [0.25, 0.3) is 0 Å². The number of hydrogen-bond acceptors (Lipinski definition) is 6. The third kappa shape index (κ3) is 2.40. The average Bonchev–Trinajstić information content (AvgIpc) is 3.07. The van der Waals surface area contributed by atoms with Crippen LogP contribution in [-0.4, -0.2) is 55.9 Å². The lowest BCUT2D eigenvalue weighted by Gasteiger charge is -2.55. The molecule has 4 aliphatic rings. The second-order valence-electron chi connectivity index (χ2n) is 9.67. The van der Waals surface area contributed by atoms with Crippen LogP contribution in [0.15, 0.2) is 11.6 Å². The zero-order valence-corrected chi connectivity index (χ0v) is 16.0. The summed E-state index contributed by atoms with van der Waals surface area (Å²) in [5.41, 5.74) is -2.70. The van der Waals surface area contributed by atoms with Crippen molar-refractivity contribution >= 4 is 11.6 Å². The Morgan fingerprint density at radius 1 is 1.26 bits per heavy atom. The predicted molar refractivity (Wildman–Crippen MR) is 96.5 cm³/mol. The number of fused-ring (bicyclic) bond motifs is 4. The van der Waals surface area contributed by atoms with Crippen LogP contribution in [0, 0.1) is 29.1 Å². The molecule has 150 valence electrons.